The standard InChI is InChI=1S/C16H21IN2O/c1-12-10-18-9-5-4-6-13(18)11-19(12)16(20)14-7-2-3-8-15(14)17/h2-3,7-8,12-13H,4-6,9-11H2,1H3. The molecule has 1 aromatic rings. The van der Waals surface area contributed by atoms with Gasteiger partial charge in [0, 0.05) is 28.7 Å². The van der Waals surface area contributed by atoms with Gasteiger partial charge in [-0.25, -0.2) is 0 Å². The van der Waals surface area contributed by atoms with E-state index in [-0.39, 0.29) is 5.91 Å². The highest BCUT2D eigenvalue weighted by Gasteiger charge is 2.35. The van der Waals surface area contributed by atoms with Gasteiger partial charge in [-0.05, 0) is 61.0 Å². The van der Waals surface area contributed by atoms with Gasteiger partial charge in [0.05, 0.1) is 5.56 Å². The number of nitrogens with zero attached hydrogens (tertiary/aromatic N) is 2. The van der Waals surface area contributed by atoms with Crippen LogP contribution in [0.1, 0.15) is 36.5 Å². The Labute approximate surface area is 134 Å². The molecule has 2 aliphatic rings. The third kappa shape index (κ3) is 2.72. The van der Waals surface area contributed by atoms with E-state index in [0.717, 1.165) is 22.2 Å². The van der Waals surface area contributed by atoms with Crippen LogP contribution in [0.15, 0.2) is 24.3 Å². The Balaban J connectivity index is 1.79. The lowest BCUT2D eigenvalue weighted by atomic mass is 9.96. The first-order chi connectivity index (χ1) is 9.66. The molecule has 2 heterocycles. The van der Waals surface area contributed by atoms with E-state index in [2.05, 4.69) is 39.3 Å². The second-order valence-electron chi connectivity index (χ2n) is 5.93. The van der Waals surface area contributed by atoms with Crippen molar-refractivity contribution in [3.63, 3.8) is 0 Å². The van der Waals surface area contributed by atoms with Crippen molar-refractivity contribution in [2.45, 2.75) is 38.3 Å². The minimum absolute atomic E-state index is 0.202. The number of carbonyl (C=O) groups is 1. The largest absolute Gasteiger partial charge is 0.333 e. The van der Waals surface area contributed by atoms with E-state index in [4.69, 9.17) is 0 Å². The van der Waals surface area contributed by atoms with Crippen LogP contribution < -0.4 is 0 Å². The number of hydrogen-bond acceptors (Lipinski definition) is 2. The van der Waals surface area contributed by atoms with Crippen molar-refractivity contribution in [2.24, 2.45) is 0 Å². The molecule has 0 saturated carbocycles. The molecular weight excluding hydrogens is 363 g/mol. The predicted molar refractivity (Wildman–Crippen MR) is 88.9 cm³/mol. The lowest BCUT2D eigenvalue weighted by molar-refractivity contribution is 0.0151. The predicted octanol–water partition coefficient (Wildman–Crippen LogP) is 2.99. The van der Waals surface area contributed by atoms with Crippen molar-refractivity contribution < 1.29 is 4.79 Å². The van der Waals surface area contributed by atoms with Gasteiger partial charge in [-0.2, -0.15) is 0 Å². The third-order valence-electron chi connectivity index (χ3n) is 4.55. The molecule has 1 amide bonds. The zero-order valence-electron chi connectivity index (χ0n) is 11.9. The van der Waals surface area contributed by atoms with Crippen LogP contribution in [0.2, 0.25) is 0 Å². The van der Waals surface area contributed by atoms with Gasteiger partial charge in [-0.15, -0.1) is 0 Å². The van der Waals surface area contributed by atoms with Gasteiger partial charge in [0.15, 0.2) is 0 Å². The number of fused-ring (bicyclic) bond motifs is 1. The minimum atomic E-state index is 0.202. The fraction of sp³-hybridized carbons (Fsp3) is 0.562. The lowest BCUT2D eigenvalue weighted by Gasteiger charge is -2.47. The van der Waals surface area contributed by atoms with E-state index < -0.39 is 0 Å². The number of hydrogen-bond donors (Lipinski definition) is 0. The van der Waals surface area contributed by atoms with Gasteiger partial charge < -0.3 is 4.90 Å². The molecule has 0 aromatic heterocycles. The maximum atomic E-state index is 12.8. The van der Waals surface area contributed by atoms with Crippen LogP contribution in [0.5, 0.6) is 0 Å². The summed E-state index contributed by atoms with van der Waals surface area (Å²) in [7, 11) is 0. The molecule has 0 aliphatic carbocycles. The average Bonchev–Trinajstić information content (AvgIpc) is 2.46. The van der Waals surface area contributed by atoms with Crippen molar-refractivity contribution in [3.8, 4) is 0 Å². The van der Waals surface area contributed by atoms with E-state index in [0.29, 0.717) is 12.1 Å². The molecule has 2 aliphatic heterocycles. The van der Waals surface area contributed by atoms with Crippen molar-refractivity contribution >= 4 is 28.5 Å². The quantitative estimate of drug-likeness (QED) is 0.696. The second-order valence-corrected chi connectivity index (χ2v) is 7.09. The van der Waals surface area contributed by atoms with Gasteiger partial charge in [0.2, 0.25) is 0 Å². The Morgan fingerprint density at radius 2 is 2.05 bits per heavy atom. The Morgan fingerprint density at radius 1 is 1.25 bits per heavy atom. The van der Waals surface area contributed by atoms with Gasteiger partial charge in [0.25, 0.3) is 5.91 Å². The number of amides is 1. The highest BCUT2D eigenvalue weighted by atomic mass is 127. The molecule has 2 unspecified atom stereocenters. The molecule has 0 radical (unpaired) electrons. The number of piperidine rings is 1. The maximum Gasteiger partial charge on any atom is 0.255 e. The third-order valence-corrected chi connectivity index (χ3v) is 5.49. The van der Waals surface area contributed by atoms with Crippen molar-refractivity contribution in [1.82, 2.24) is 9.80 Å². The summed E-state index contributed by atoms with van der Waals surface area (Å²) in [5.41, 5.74) is 0.851. The molecule has 20 heavy (non-hydrogen) atoms. The molecule has 3 rings (SSSR count). The van der Waals surface area contributed by atoms with Crippen LogP contribution >= 0.6 is 22.6 Å². The number of carbonyl (C=O) groups excluding carboxylic acids is 1. The van der Waals surface area contributed by atoms with Crippen LogP contribution in [0.3, 0.4) is 0 Å². The lowest BCUT2D eigenvalue weighted by Crippen LogP contribution is -2.60. The van der Waals surface area contributed by atoms with Crippen LogP contribution in [-0.2, 0) is 0 Å². The summed E-state index contributed by atoms with van der Waals surface area (Å²) in [6.45, 7) is 5.31. The molecule has 108 valence electrons. The topological polar surface area (TPSA) is 23.6 Å². The van der Waals surface area contributed by atoms with Crippen LogP contribution in [0.4, 0.5) is 0 Å². The fourth-order valence-corrected chi connectivity index (χ4v) is 4.04. The summed E-state index contributed by atoms with van der Waals surface area (Å²) in [4.78, 5) is 17.5. The highest BCUT2D eigenvalue weighted by molar-refractivity contribution is 14.1. The normalized spacial score (nSPS) is 27.2. The Kier molecular flexibility index (Phi) is 4.31. The fourth-order valence-electron chi connectivity index (χ4n) is 3.42. The monoisotopic (exact) mass is 384 g/mol. The maximum absolute atomic E-state index is 12.8. The zero-order valence-corrected chi connectivity index (χ0v) is 14.0. The zero-order chi connectivity index (χ0) is 14.1. The Hall–Kier alpha value is -0.620. The van der Waals surface area contributed by atoms with E-state index in [1.54, 1.807) is 0 Å². The molecule has 0 bridgehead atoms. The molecule has 3 nitrogen and oxygen atoms in total. The number of benzene rings is 1. The molecule has 0 N–H and O–H groups in total. The van der Waals surface area contributed by atoms with Gasteiger partial charge in [-0.3, -0.25) is 9.69 Å². The van der Waals surface area contributed by atoms with Gasteiger partial charge in [-0.1, -0.05) is 18.6 Å². The first-order valence-electron chi connectivity index (χ1n) is 7.46. The molecule has 2 fully saturated rings. The summed E-state index contributed by atoms with van der Waals surface area (Å²) >= 11 is 2.26. The molecule has 1 aromatic carbocycles. The molecular formula is C16H21IN2O. The van der Waals surface area contributed by atoms with E-state index in [1.165, 1.54) is 25.8 Å². The number of rotatable bonds is 1. The summed E-state index contributed by atoms with van der Waals surface area (Å²) in [5.74, 6) is 0.202. The summed E-state index contributed by atoms with van der Waals surface area (Å²) in [6, 6.07) is 8.79. The smallest absolute Gasteiger partial charge is 0.255 e. The van der Waals surface area contributed by atoms with Crippen LogP contribution in [-0.4, -0.2) is 47.4 Å². The van der Waals surface area contributed by atoms with Gasteiger partial charge >= 0.3 is 0 Å². The van der Waals surface area contributed by atoms with Crippen LogP contribution in [0, 0.1) is 3.57 Å². The number of halogens is 1. The first kappa shape index (κ1) is 14.3. The first-order valence-corrected chi connectivity index (χ1v) is 8.54. The Morgan fingerprint density at radius 3 is 2.85 bits per heavy atom. The van der Waals surface area contributed by atoms with Crippen LogP contribution in [0.25, 0.3) is 0 Å². The Bertz CT molecular complexity index is 505. The summed E-state index contributed by atoms with van der Waals surface area (Å²) < 4.78 is 1.05. The van der Waals surface area contributed by atoms with Crippen molar-refractivity contribution in [2.75, 3.05) is 19.6 Å². The molecule has 2 atom stereocenters. The number of piperazine rings is 1. The SMILES string of the molecule is CC1CN2CCCCC2CN1C(=O)c1ccccc1I. The molecule has 2 saturated heterocycles. The minimum Gasteiger partial charge on any atom is -0.333 e. The van der Waals surface area contributed by atoms with E-state index >= 15 is 0 Å². The van der Waals surface area contributed by atoms with Crippen molar-refractivity contribution in [1.29, 1.82) is 0 Å². The summed E-state index contributed by atoms with van der Waals surface area (Å²) in [5, 5.41) is 0. The average molecular weight is 384 g/mol. The molecule has 4 heteroatoms. The van der Waals surface area contributed by atoms with E-state index in [9.17, 15) is 4.79 Å². The highest BCUT2D eigenvalue weighted by Crippen LogP contribution is 2.26. The second kappa shape index (κ2) is 6.02. The molecule has 0 spiro atoms. The summed E-state index contributed by atoms with van der Waals surface area (Å²) in [6.07, 6.45) is 3.86. The van der Waals surface area contributed by atoms with Gasteiger partial charge in [0.1, 0.15) is 0 Å². The van der Waals surface area contributed by atoms with E-state index in [1.807, 2.05) is 24.3 Å². The van der Waals surface area contributed by atoms with Crippen molar-refractivity contribution in [3.05, 3.63) is 33.4 Å².